The van der Waals surface area contributed by atoms with Crippen LogP contribution >= 0.6 is 23.1 Å². The number of ether oxygens (including phenoxy) is 1. The number of imidazole rings is 1. The molecule has 0 aromatic carbocycles. The second kappa shape index (κ2) is 11.2. The van der Waals surface area contributed by atoms with Crippen molar-refractivity contribution in [1.29, 1.82) is 0 Å². The van der Waals surface area contributed by atoms with E-state index < -0.39 is 24.1 Å². The predicted molar refractivity (Wildman–Crippen MR) is 138 cm³/mol. The van der Waals surface area contributed by atoms with Crippen molar-refractivity contribution in [2.24, 2.45) is 18.9 Å². The first kappa shape index (κ1) is 28.9. The number of aliphatic hydroxyl groups is 1. The number of carbonyl (C=O) groups is 3. The molecule has 5 rings (SSSR count). The highest BCUT2D eigenvalue weighted by molar-refractivity contribution is 8.03. The third kappa shape index (κ3) is 4.97. The molecule has 0 saturated carbocycles. The summed E-state index contributed by atoms with van der Waals surface area (Å²) in [5.41, 5.74) is 0.00918. The topological polar surface area (TPSA) is 116 Å². The molecule has 3 aliphatic heterocycles. The van der Waals surface area contributed by atoms with Crippen LogP contribution in [0.4, 0.5) is 4.79 Å². The van der Waals surface area contributed by atoms with E-state index >= 15 is 0 Å². The molecule has 0 spiro atoms. The molecule has 3 aliphatic rings. The van der Waals surface area contributed by atoms with Crippen molar-refractivity contribution in [3.05, 3.63) is 46.9 Å². The molecule has 0 aliphatic carbocycles. The number of aromatic nitrogens is 2. The zero-order valence-corrected chi connectivity index (χ0v) is 25.1. The van der Waals surface area contributed by atoms with Crippen molar-refractivity contribution in [3.63, 3.8) is 0 Å². The molecule has 0 bridgehead atoms. The molecule has 2 amide bonds. The molecule has 2 aromatic heterocycles. The van der Waals surface area contributed by atoms with Crippen LogP contribution in [0.3, 0.4) is 0 Å². The fourth-order valence-electron chi connectivity index (χ4n) is 5.79. The van der Waals surface area contributed by atoms with Gasteiger partial charge in [0.2, 0.25) is 17.1 Å². The number of β-lactam (4-membered cyclic amide) rings is 1. The van der Waals surface area contributed by atoms with Gasteiger partial charge in [0.05, 0.1) is 30.0 Å². The van der Waals surface area contributed by atoms with Crippen LogP contribution in [0, 0.1) is 11.8 Å². The molecular weight excluding hydrogens is 643 g/mol. The first-order chi connectivity index (χ1) is 17.6. The van der Waals surface area contributed by atoms with Crippen molar-refractivity contribution in [2.75, 3.05) is 13.2 Å². The highest BCUT2D eigenvalue weighted by atomic mass is 127. The number of carbonyl (C=O) groups excluding carboxylic acids is 2. The largest absolute Gasteiger partial charge is 1.00 e. The van der Waals surface area contributed by atoms with Crippen LogP contribution in [0.1, 0.15) is 25.1 Å². The van der Waals surface area contributed by atoms with Crippen LogP contribution in [0.15, 0.2) is 42.0 Å². The maximum absolute atomic E-state index is 12.9. The summed E-state index contributed by atoms with van der Waals surface area (Å²) in [7, 11) is 1.97. The summed E-state index contributed by atoms with van der Waals surface area (Å²) in [6, 6.07) is -0.468. The third-order valence-corrected chi connectivity index (χ3v) is 9.92. The molecule has 10 nitrogen and oxygen atoms in total. The summed E-state index contributed by atoms with van der Waals surface area (Å²) in [6.07, 6.45) is 7.70. The van der Waals surface area contributed by atoms with Gasteiger partial charge in [-0.05, 0) is 13.3 Å². The number of nitrogens with zero attached hydrogens (tertiary/aromatic N) is 4. The second-order valence-corrected chi connectivity index (χ2v) is 12.5. The molecule has 2 aromatic rings. The van der Waals surface area contributed by atoms with Gasteiger partial charge in [0.1, 0.15) is 24.7 Å². The minimum Gasteiger partial charge on any atom is -1.00 e. The summed E-state index contributed by atoms with van der Waals surface area (Å²) in [6.45, 7) is 7.62. The van der Waals surface area contributed by atoms with Gasteiger partial charge in [-0.3, -0.25) is 4.79 Å². The van der Waals surface area contributed by atoms with Gasteiger partial charge in [0.25, 0.3) is 0 Å². The Morgan fingerprint density at radius 1 is 1.42 bits per heavy atom. The van der Waals surface area contributed by atoms with Gasteiger partial charge in [0, 0.05) is 35.1 Å². The monoisotopic (exact) mass is 674 g/mol. The molecule has 2 saturated heterocycles. The molecule has 13 heteroatoms. The normalized spacial score (nSPS) is 27.3. The Morgan fingerprint density at radius 3 is 2.79 bits per heavy atom. The molecule has 2 N–H and O–H groups in total. The number of amides is 2. The molecular formula is C25H31IN4O6S2. The standard InChI is InChI=1S/C25H30N4O6S2.HI/c1-5-6-35-25(34)28-10-17(8-15(28)7-16-9-27-12-26(4)11-18(27)36-16)37-22-13(2)20-19(14(3)30)23(31)29(20)21(22)24(32)33;/h5,9,11-15,17,19-20,30H,1,6-8,10H2,2-4H3;1H/t13-,14-,15-,17+,19-,20-;/m1./s1. The molecule has 38 heavy (non-hydrogen) atoms. The van der Waals surface area contributed by atoms with E-state index in [0.29, 0.717) is 24.3 Å². The number of carboxylic acid groups (broad SMARTS) is 1. The van der Waals surface area contributed by atoms with Crippen LogP contribution in [0.2, 0.25) is 0 Å². The molecule has 206 valence electrons. The minimum atomic E-state index is -1.14. The van der Waals surface area contributed by atoms with Crippen molar-refractivity contribution < 1.29 is 57.9 Å². The number of aliphatic carboxylic acids is 1. The number of hydrogen-bond donors (Lipinski definition) is 2. The van der Waals surface area contributed by atoms with E-state index in [1.54, 1.807) is 23.2 Å². The smallest absolute Gasteiger partial charge is 0.410 e. The number of likely N-dealkylation sites (tertiary alicyclic amines) is 1. The first-order valence-electron chi connectivity index (χ1n) is 12.3. The van der Waals surface area contributed by atoms with Crippen molar-refractivity contribution in [1.82, 2.24) is 14.2 Å². The molecule has 0 unspecified atom stereocenters. The summed E-state index contributed by atoms with van der Waals surface area (Å²) < 4.78 is 9.42. The van der Waals surface area contributed by atoms with Crippen LogP contribution in [-0.2, 0) is 27.8 Å². The van der Waals surface area contributed by atoms with Crippen LogP contribution in [0.25, 0.3) is 4.83 Å². The Hall–Kier alpha value is -2.10. The fourth-order valence-corrected chi connectivity index (χ4v) is 8.49. The number of fused-ring (bicyclic) bond motifs is 2. The predicted octanol–water partition coefficient (Wildman–Crippen LogP) is -0.976. The maximum Gasteiger partial charge on any atom is 0.410 e. The van der Waals surface area contributed by atoms with E-state index in [4.69, 9.17) is 4.74 Å². The van der Waals surface area contributed by atoms with E-state index in [0.717, 1.165) is 9.71 Å². The Morgan fingerprint density at radius 2 is 2.16 bits per heavy atom. The average Bonchev–Trinajstić information content (AvgIpc) is 3.53. The van der Waals surface area contributed by atoms with Crippen molar-refractivity contribution >= 4 is 45.9 Å². The fraction of sp³-hybridized carbons (Fsp3) is 0.520. The zero-order chi connectivity index (χ0) is 26.6. The van der Waals surface area contributed by atoms with E-state index in [1.165, 1.54) is 22.7 Å². The third-order valence-electron chi connectivity index (χ3n) is 7.37. The number of aryl methyl sites for hydroxylation is 1. The minimum absolute atomic E-state index is 0. The van der Waals surface area contributed by atoms with E-state index in [-0.39, 0.29) is 65.4 Å². The summed E-state index contributed by atoms with van der Waals surface area (Å²) in [5, 5.41) is 20.0. The lowest BCUT2D eigenvalue weighted by Crippen LogP contribution is -3.00. The highest BCUT2D eigenvalue weighted by Crippen LogP contribution is 2.52. The highest BCUT2D eigenvalue weighted by Gasteiger charge is 2.60. The average molecular weight is 675 g/mol. The Balaban J connectivity index is 0.00000336. The Kier molecular flexibility index (Phi) is 8.50. The molecule has 5 heterocycles. The lowest BCUT2D eigenvalue weighted by atomic mass is 9.79. The van der Waals surface area contributed by atoms with Gasteiger partial charge in [-0.1, -0.05) is 30.9 Å². The van der Waals surface area contributed by atoms with Gasteiger partial charge >= 0.3 is 12.1 Å². The van der Waals surface area contributed by atoms with Gasteiger partial charge in [-0.15, -0.1) is 11.8 Å². The summed E-state index contributed by atoms with van der Waals surface area (Å²) >= 11 is 3.11. The van der Waals surface area contributed by atoms with Crippen LogP contribution in [-0.4, -0.2) is 79.0 Å². The van der Waals surface area contributed by atoms with Crippen molar-refractivity contribution in [3.8, 4) is 0 Å². The lowest BCUT2D eigenvalue weighted by molar-refractivity contribution is -0.669. The number of hydrogen-bond acceptors (Lipinski definition) is 7. The number of rotatable bonds is 8. The molecule has 2 fully saturated rings. The Labute approximate surface area is 245 Å². The number of halogens is 1. The van der Waals surface area contributed by atoms with Gasteiger partial charge in [0.15, 0.2) is 0 Å². The lowest BCUT2D eigenvalue weighted by Gasteiger charge is -2.46. The quantitative estimate of drug-likeness (QED) is 0.160. The number of thiazole rings is 1. The molecule has 0 radical (unpaired) electrons. The molecule has 6 atom stereocenters. The number of thioether (sulfide) groups is 1. The maximum atomic E-state index is 12.9. The summed E-state index contributed by atoms with van der Waals surface area (Å²) in [5.74, 6) is -2.31. The van der Waals surface area contributed by atoms with Crippen LogP contribution < -0.4 is 28.5 Å². The first-order valence-corrected chi connectivity index (χ1v) is 14.0. The summed E-state index contributed by atoms with van der Waals surface area (Å²) in [4.78, 5) is 43.8. The van der Waals surface area contributed by atoms with Crippen molar-refractivity contribution in [2.45, 2.75) is 50.1 Å². The number of carboxylic acids is 1. The van der Waals surface area contributed by atoms with E-state index in [1.807, 2.05) is 31.1 Å². The van der Waals surface area contributed by atoms with Gasteiger partial charge in [-0.25, -0.2) is 14.2 Å². The number of aliphatic hydroxyl groups excluding tert-OH is 1. The van der Waals surface area contributed by atoms with Gasteiger partial charge < -0.3 is 48.7 Å². The van der Waals surface area contributed by atoms with E-state index in [9.17, 15) is 24.6 Å². The Bertz CT molecular complexity index is 1270. The van der Waals surface area contributed by atoms with E-state index in [2.05, 4.69) is 17.2 Å². The zero-order valence-electron chi connectivity index (χ0n) is 21.3. The SMILES string of the molecule is C=CCOC(=O)N1C[C@@H](SC2=C(C(=O)O)N3C(=O)[C@H]([C@@H](C)O)[C@H]3[C@H]2C)C[C@H]1Cc1cn2c[n+](C)cc2s1.[I-]. The van der Waals surface area contributed by atoms with Gasteiger partial charge in [-0.2, -0.15) is 4.40 Å². The second-order valence-electron chi connectivity index (χ2n) is 9.98. The van der Waals surface area contributed by atoms with Crippen LogP contribution in [0.5, 0.6) is 0 Å².